The van der Waals surface area contributed by atoms with Crippen LogP contribution in [0, 0.1) is 13.8 Å². The zero-order valence-electron chi connectivity index (χ0n) is 9.96. The van der Waals surface area contributed by atoms with Crippen molar-refractivity contribution in [1.29, 1.82) is 0 Å². The standard InChI is InChI=1S/C11H20N2S2/c1-5-14-7-10(12-4)6-11-13-8(2)9(3)15-11/h10,12H,5-7H2,1-4H3. The third-order valence-electron chi connectivity index (χ3n) is 2.43. The Morgan fingerprint density at radius 2 is 2.20 bits per heavy atom. The number of thiazole rings is 1. The van der Waals surface area contributed by atoms with Crippen LogP contribution in [0.4, 0.5) is 0 Å². The van der Waals surface area contributed by atoms with E-state index in [1.807, 2.05) is 30.1 Å². The molecule has 0 bridgehead atoms. The van der Waals surface area contributed by atoms with Crippen LogP contribution in [0.1, 0.15) is 22.5 Å². The van der Waals surface area contributed by atoms with Gasteiger partial charge in [-0.2, -0.15) is 11.8 Å². The van der Waals surface area contributed by atoms with Gasteiger partial charge < -0.3 is 5.32 Å². The minimum absolute atomic E-state index is 0.555. The van der Waals surface area contributed by atoms with E-state index in [9.17, 15) is 0 Å². The van der Waals surface area contributed by atoms with Crippen LogP contribution in [0.5, 0.6) is 0 Å². The molecule has 1 aromatic heterocycles. The number of likely N-dealkylation sites (N-methyl/N-ethyl adjacent to an activating group) is 1. The van der Waals surface area contributed by atoms with E-state index in [2.05, 4.69) is 31.1 Å². The summed E-state index contributed by atoms with van der Waals surface area (Å²) >= 11 is 3.82. The normalized spacial score (nSPS) is 13.1. The maximum absolute atomic E-state index is 4.58. The van der Waals surface area contributed by atoms with Gasteiger partial charge in [0.25, 0.3) is 0 Å². The molecule has 0 fully saturated rings. The molecule has 15 heavy (non-hydrogen) atoms. The second kappa shape index (κ2) is 6.51. The second-order valence-electron chi connectivity index (χ2n) is 3.60. The van der Waals surface area contributed by atoms with Gasteiger partial charge in [0, 0.05) is 23.1 Å². The van der Waals surface area contributed by atoms with E-state index in [-0.39, 0.29) is 0 Å². The van der Waals surface area contributed by atoms with Crippen LogP contribution < -0.4 is 5.32 Å². The largest absolute Gasteiger partial charge is 0.316 e. The summed E-state index contributed by atoms with van der Waals surface area (Å²) < 4.78 is 0. The third kappa shape index (κ3) is 4.13. The number of nitrogens with zero attached hydrogens (tertiary/aromatic N) is 1. The molecule has 0 saturated carbocycles. The Labute approximate surface area is 101 Å². The van der Waals surface area contributed by atoms with Gasteiger partial charge in [0.15, 0.2) is 0 Å². The molecule has 0 saturated heterocycles. The smallest absolute Gasteiger partial charge is 0.0946 e. The zero-order valence-corrected chi connectivity index (χ0v) is 11.6. The second-order valence-corrected chi connectivity index (χ2v) is 6.21. The highest BCUT2D eigenvalue weighted by Crippen LogP contribution is 2.18. The number of aryl methyl sites for hydroxylation is 2. The molecule has 1 aromatic rings. The zero-order chi connectivity index (χ0) is 11.3. The summed E-state index contributed by atoms with van der Waals surface area (Å²) in [4.78, 5) is 5.93. The van der Waals surface area contributed by atoms with Crippen LogP contribution in [0.25, 0.3) is 0 Å². The molecule has 2 nitrogen and oxygen atoms in total. The maximum Gasteiger partial charge on any atom is 0.0946 e. The number of thioether (sulfide) groups is 1. The number of hydrogen-bond donors (Lipinski definition) is 1. The van der Waals surface area contributed by atoms with Crippen molar-refractivity contribution < 1.29 is 0 Å². The summed E-state index contributed by atoms with van der Waals surface area (Å²) in [5.41, 5.74) is 1.19. The monoisotopic (exact) mass is 244 g/mol. The van der Waals surface area contributed by atoms with E-state index in [0.29, 0.717) is 6.04 Å². The fourth-order valence-electron chi connectivity index (χ4n) is 1.34. The summed E-state index contributed by atoms with van der Waals surface area (Å²) in [6.07, 6.45) is 1.06. The molecular formula is C11H20N2S2. The van der Waals surface area contributed by atoms with E-state index in [0.717, 1.165) is 6.42 Å². The Balaban J connectivity index is 2.50. The lowest BCUT2D eigenvalue weighted by Crippen LogP contribution is -2.30. The van der Waals surface area contributed by atoms with E-state index < -0.39 is 0 Å². The SMILES string of the molecule is CCSCC(Cc1nc(C)c(C)s1)NC. The molecule has 0 aliphatic carbocycles. The highest BCUT2D eigenvalue weighted by Gasteiger charge is 2.10. The topological polar surface area (TPSA) is 24.9 Å². The summed E-state index contributed by atoms with van der Waals surface area (Å²) in [5.74, 6) is 2.36. The molecule has 4 heteroatoms. The molecule has 1 atom stereocenters. The van der Waals surface area contributed by atoms with Crippen LogP contribution in [0.2, 0.25) is 0 Å². The van der Waals surface area contributed by atoms with Crippen LogP contribution in [-0.2, 0) is 6.42 Å². The van der Waals surface area contributed by atoms with Gasteiger partial charge in [-0.25, -0.2) is 4.98 Å². The van der Waals surface area contributed by atoms with Gasteiger partial charge >= 0.3 is 0 Å². The van der Waals surface area contributed by atoms with Crippen molar-refractivity contribution in [3.8, 4) is 0 Å². The first kappa shape index (κ1) is 13.0. The van der Waals surface area contributed by atoms with Crippen molar-refractivity contribution >= 4 is 23.1 Å². The lowest BCUT2D eigenvalue weighted by Gasteiger charge is -2.13. The summed E-state index contributed by atoms with van der Waals surface area (Å²) in [6.45, 7) is 6.44. The minimum Gasteiger partial charge on any atom is -0.316 e. The van der Waals surface area contributed by atoms with Crippen LogP contribution >= 0.6 is 23.1 Å². The van der Waals surface area contributed by atoms with Crippen molar-refractivity contribution in [2.24, 2.45) is 0 Å². The number of hydrogen-bond acceptors (Lipinski definition) is 4. The van der Waals surface area contributed by atoms with Crippen molar-refractivity contribution in [3.05, 3.63) is 15.6 Å². The Bertz CT molecular complexity index is 277. The van der Waals surface area contributed by atoms with Gasteiger partial charge in [0.2, 0.25) is 0 Å². The Hall–Kier alpha value is -0.0600. The first-order valence-electron chi connectivity index (χ1n) is 5.35. The number of nitrogens with one attached hydrogen (secondary N) is 1. The molecule has 1 rings (SSSR count). The Morgan fingerprint density at radius 3 is 2.67 bits per heavy atom. The average molecular weight is 244 g/mol. The highest BCUT2D eigenvalue weighted by atomic mass is 32.2. The molecule has 1 unspecified atom stereocenters. The van der Waals surface area contributed by atoms with Gasteiger partial charge in [0.1, 0.15) is 0 Å². The van der Waals surface area contributed by atoms with E-state index >= 15 is 0 Å². The summed E-state index contributed by atoms with van der Waals surface area (Å²) in [6, 6.07) is 0.555. The highest BCUT2D eigenvalue weighted by molar-refractivity contribution is 7.99. The quantitative estimate of drug-likeness (QED) is 0.833. The van der Waals surface area contributed by atoms with Crippen molar-refractivity contribution in [2.75, 3.05) is 18.6 Å². The maximum atomic E-state index is 4.58. The fraction of sp³-hybridized carbons (Fsp3) is 0.727. The van der Waals surface area contributed by atoms with Gasteiger partial charge in [-0.3, -0.25) is 0 Å². The molecule has 0 aliphatic heterocycles. The summed E-state index contributed by atoms with van der Waals surface area (Å²) in [5, 5.41) is 4.62. The predicted octanol–water partition coefficient (Wildman–Crippen LogP) is 2.64. The molecule has 86 valence electrons. The van der Waals surface area contributed by atoms with E-state index in [1.54, 1.807) is 0 Å². The van der Waals surface area contributed by atoms with Gasteiger partial charge in [0.05, 0.1) is 10.7 Å². The Morgan fingerprint density at radius 1 is 1.47 bits per heavy atom. The molecule has 0 spiro atoms. The first-order valence-corrected chi connectivity index (χ1v) is 7.32. The first-order chi connectivity index (χ1) is 7.17. The van der Waals surface area contributed by atoms with Crippen LogP contribution in [-0.4, -0.2) is 29.6 Å². The molecule has 1 heterocycles. The molecule has 0 amide bonds. The lowest BCUT2D eigenvalue weighted by atomic mass is 10.2. The van der Waals surface area contributed by atoms with Gasteiger partial charge in [-0.15, -0.1) is 11.3 Å². The number of rotatable bonds is 6. The van der Waals surface area contributed by atoms with Gasteiger partial charge in [-0.1, -0.05) is 6.92 Å². The Kier molecular flexibility index (Phi) is 5.64. The molecule has 0 aromatic carbocycles. The molecule has 0 radical (unpaired) electrons. The fourth-order valence-corrected chi connectivity index (χ4v) is 3.16. The van der Waals surface area contributed by atoms with Gasteiger partial charge in [-0.05, 0) is 26.6 Å². The average Bonchev–Trinajstić information content (AvgIpc) is 2.53. The van der Waals surface area contributed by atoms with Crippen LogP contribution in [0.3, 0.4) is 0 Å². The minimum atomic E-state index is 0.555. The van der Waals surface area contributed by atoms with E-state index in [1.165, 1.54) is 27.1 Å². The number of aromatic nitrogens is 1. The summed E-state index contributed by atoms with van der Waals surface area (Å²) in [7, 11) is 2.04. The van der Waals surface area contributed by atoms with E-state index in [4.69, 9.17) is 0 Å². The third-order valence-corrected chi connectivity index (χ3v) is 4.57. The predicted molar refractivity (Wildman–Crippen MR) is 71.1 cm³/mol. The molecular weight excluding hydrogens is 224 g/mol. The lowest BCUT2D eigenvalue weighted by molar-refractivity contribution is 0.615. The van der Waals surface area contributed by atoms with Crippen molar-refractivity contribution in [2.45, 2.75) is 33.2 Å². The molecule has 1 N–H and O–H groups in total. The van der Waals surface area contributed by atoms with Crippen molar-refractivity contribution in [1.82, 2.24) is 10.3 Å². The van der Waals surface area contributed by atoms with Crippen LogP contribution in [0.15, 0.2) is 0 Å². The van der Waals surface area contributed by atoms with Crippen molar-refractivity contribution in [3.63, 3.8) is 0 Å². The molecule has 0 aliphatic rings.